The molecule has 2 aliphatic rings. The Balaban J connectivity index is 0.000000289. The van der Waals surface area contributed by atoms with Gasteiger partial charge < -0.3 is 30.1 Å². The van der Waals surface area contributed by atoms with Crippen molar-refractivity contribution in [2.75, 3.05) is 51.3 Å². The number of benzene rings is 1. The Bertz CT molecular complexity index is 1120. The average molecular weight is 560 g/mol. The molecule has 0 amide bonds. The predicted molar refractivity (Wildman–Crippen MR) is 144 cm³/mol. The minimum absolute atomic E-state index is 0.906. The Morgan fingerprint density at radius 1 is 0.850 bits per heavy atom. The maximum atomic E-state index is 10.3. The molecule has 13 nitrogen and oxygen atoms in total. The SMILES string of the molecule is COc1ccc(CN2CCN(Cc3ccnc(N4CCCC4)n3)CC2)cc1.O=C(O)CC(O)(CC(=O)O)C(=O)O. The smallest absolute Gasteiger partial charge is 0.336 e. The molecular formula is C27H37N5O8. The van der Waals surface area contributed by atoms with Gasteiger partial charge in [-0.2, -0.15) is 0 Å². The maximum Gasteiger partial charge on any atom is 0.336 e. The number of ether oxygens (including phenoxy) is 1. The number of carbonyl (C=O) groups is 3. The van der Waals surface area contributed by atoms with Crippen LogP contribution in [-0.2, 0) is 27.5 Å². The van der Waals surface area contributed by atoms with Gasteiger partial charge in [0.2, 0.25) is 5.95 Å². The molecule has 4 rings (SSSR count). The van der Waals surface area contributed by atoms with Crippen LogP contribution >= 0.6 is 0 Å². The largest absolute Gasteiger partial charge is 0.497 e. The van der Waals surface area contributed by atoms with E-state index in [2.05, 4.69) is 37.9 Å². The minimum Gasteiger partial charge on any atom is -0.497 e. The van der Waals surface area contributed by atoms with Crippen molar-refractivity contribution in [1.29, 1.82) is 0 Å². The molecule has 0 radical (unpaired) electrons. The Morgan fingerprint density at radius 3 is 1.90 bits per heavy atom. The van der Waals surface area contributed by atoms with Crippen LogP contribution in [0.15, 0.2) is 36.5 Å². The Kier molecular flexibility index (Phi) is 11.2. The van der Waals surface area contributed by atoms with Crippen LogP contribution in [0.5, 0.6) is 5.75 Å². The van der Waals surface area contributed by atoms with Crippen molar-refractivity contribution in [3.05, 3.63) is 47.8 Å². The predicted octanol–water partition coefficient (Wildman–Crippen LogP) is 1.15. The number of hydrogen-bond acceptors (Lipinski definition) is 10. The summed E-state index contributed by atoms with van der Waals surface area (Å²) in [6.45, 7) is 8.45. The van der Waals surface area contributed by atoms with Crippen molar-refractivity contribution in [2.24, 2.45) is 0 Å². The van der Waals surface area contributed by atoms with E-state index in [1.807, 2.05) is 18.3 Å². The third kappa shape index (κ3) is 9.43. The lowest BCUT2D eigenvalue weighted by Gasteiger charge is -2.34. The first-order chi connectivity index (χ1) is 19.1. The molecule has 2 fully saturated rings. The molecule has 0 saturated carbocycles. The molecule has 40 heavy (non-hydrogen) atoms. The lowest BCUT2D eigenvalue weighted by molar-refractivity contribution is -0.170. The van der Waals surface area contributed by atoms with E-state index in [1.165, 1.54) is 18.4 Å². The van der Waals surface area contributed by atoms with Gasteiger partial charge in [0.15, 0.2) is 5.60 Å². The zero-order chi connectivity index (χ0) is 29.1. The number of nitrogens with zero attached hydrogens (tertiary/aromatic N) is 5. The topological polar surface area (TPSA) is 177 Å². The number of piperazine rings is 1. The average Bonchev–Trinajstić information content (AvgIpc) is 3.45. The van der Waals surface area contributed by atoms with E-state index in [0.29, 0.717) is 0 Å². The molecule has 1 aromatic carbocycles. The van der Waals surface area contributed by atoms with Gasteiger partial charge in [-0.1, -0.05) is 12.1 Å². The fourth-order valence-electron chi connectivity index (χ4n) is 4.58. The molecule has 2 saturated heterocycles. The summed E-state index contributed by atoms with van der Waals surface area (Å²) in [6, 6.07) is 10.5. The van der Waals surface area contributed by atoms with Crippen LogP contribution in [0.4, 0.5) is 5.95 Å². The molecule has 2 aliphatic heterocycles. The fraction of sp³-hybridized carbons (Fsp3) is 0.519. The molecular weight excluding hydrogens is 522 g/mol. The summed E-state index contributed by atoms with van der Waals surface area (Å²) in [6.07, 6.45) is 2.13. The molecule has 0 aliphatic carbocycles. The van der Waals surface area contributed by atoms with Crippen molar-refractivity contribution in [1.82, 2.24) is 19.8 Å². The first-order valence-electron chi connectivity index (χ1n) is 13.1. The number of hydrogen-bond donors (Lipinski definition) is 4. The minimum atomic E-state index is -2.74. The summed E-state index contributed by atoms with van der Waals surface area (Å²) < 4.78 is 5.24. The van der Waals surface area contributed by atoms with Crippen LogP contribution in [0.25, 0.3) is 0 Å². The van der Waals surface area contributed by atoms with Crippen molar-refractivity contribution >= 4 is 23.9 Å². The lowest BCUT2D eigenvalue weighted by atomic mass is 9.96. The van der Waals surface area contributed by atoms with Crippen LogP contribution in [0.2, 0.25) is 0 Å². The summed E-state index contributed by atoms with van der Waals surface area (Å²) in [5, 5.41) is 33.8. The Labute approximate surface area is 232 Å². The molecule has 2 aromatic rings. The number of aliphatic carboxylic acids is 3. The standard InChI is InChI=1S/C21H29N5O.C6H8O7/c1-27-20-6-4-18(5-7-20)16-24-12-14-25(15-13-24)17-19-8-9-22-21(23-19)26-10-2-3-11-26;7-3(8)1-6(13,5(11)12)2-4(9)10/h4-9H,2-3,10-17H2,1H3;13H,1-2H2,(H,7,8)(H,9,10)(H,11,12). The van der Waals surface area contributed by atoms with Gasteiger partial charge in [0, 0.05) is 58.6 Å². The van der Waals surface area contributed by atoms with E-state index in [9.17, 15) is 14.4 Å². The first kappa shape index (κ1) is 30.7. The normalized spacial score (nSPS) is 16.2. The highest BCUT2D eigenvalue weighted by Gasteiger charge is 2.40. The van der Waals surface area contributed by atoms with E-state index in [0.717, 1.165) is 69.7 Å². The van der Waals surface area contributed by atoms with E-state index in [-0.39, 0.29) is 0 Å². The quantitative estimate of drug-likeness (QED) is 0.309. The van der Waals surface area contributed by atoms with Gasteiger partial charge >= 0.3 is 17.9 Å². The highest BCUT2D eigenvalue weighted by atomic mass is 16.5. The zero-order valence-corrected chi connectivity index (χ0v) is 22.6. The third-order valence-electron chi connectivity index (χ3n) is 6.79. The molecule has 13 heteroatoms. The van der Waals surface area contributed by atoms with Gasteiger partial charge in [0.1, 0.15) is 5.75 Å². The maximum absolute atomic E-state index is 10.3. The highest BCUT2D eigenvalue weighted by Crippen LogP contribution is 2.18. The summed E-state index contributed by atoms with van der Waals surface area (Å²) in [4.78, 5) is 47.1. The van der Waals surface area contributed by atoms with E-state index in [1.54, 1.807) is 7.11 Å². The van der Waals surface area contributed by atoms with E-state index in [4.69, 9.17) is 30.1 Å². The van der Waals surface area contributed by atoms with Crippen LogP contribution in [0, 0.1) is 0 Å². The molecule has 0 atom stereocenters. The monoisotopic (exact) mass is 559 g/mol. The number of methoxy groups -OCH3 is 1. The highest BCUT2D eigenvalue weighted by molar-refractivity contribution is 5.88. The van der Waals surface area contributed by atoms with Gasteiger partial charge in [-0.15, -0.1) is 0 Å². The number of rotatable bonds is 11. The molecule has 3 heterocycles. The van der Waals surface area contributed by atoms with E-state index < -0.39 is 36.4 Å². The Hall–Kier alpha value is -3.81. The second kappa shape index (κ2) is 14.5. The number of anilines is 1. The van der Waals surface area contributed by atoms with E-state index >= 15 is 0 Å². The van der Waals surface area contributed by atoms with Crippen molar-refractivity contribution < 1.29 is 39.5 Å². The molecule has 0 spiro atoms. The number of aliphatic hydroxyl groups is 1. The van der Waals surface area contributed by atoms with Crippen LogP contribution in [-0.4, -0.2) is 110 Å². The van der Waals surface area contributed by atoms with Crippen LogP contribution in [0.1, 0.15) is 36.9 Å². The summed E-state index contributed by atoms with van der Waals surface area (Å²) in [5.74, 6) is -3.19. The zero-order valence-electron chi connectivity index (χ0n) is 22.6. The molecule has 0 unspecified atom stereocenters. The third-order valence-corrected chi connectivity index (χ3v) is 6.79. The van der Waals surface area contributed by atoms with Gasteiger partial charge in [-0.3, -0.25) is 19.4 Å². The first-order valence-corrected chi connectivity index (χ1v) is 13.1. The van der Waals surface area contributed by atoms with Gasteiger partial charge in [0.25, 0.3) is 0 Å². The van der Waals surface area contributed by atoms with Crippen molar-refractivity contribution in [2.45, 2.75) is 44.4 Å². The number of carboxylic acids is 3. The number of aromatic nitrogens is 2. The second-order valence-corrected chi connectivity index (χ2v) is 9.92. The summed E-state index contributed by atoms with van der Waals surface area (Å²) in [7, 11) is 1.71. The summed E-state index contributed by atoms with van der Waals surface area (Å²) >= 11 is 0. The molecule has 1 aromatic heterocycles. The van der Waals surface area contributed by atoms with Crippen LogP contribution < -0.4 is 9.64 Å². The molecule has 218 valence electrons. The van der Waals surface area contributed by atoms with Gasteiger partial charge in [-0.25, -0.2) is 14.8 Å². The lowest BCUT2D eigenvalue weighted by Crippen LogP contribution is -2.45. The number of carboxylic acid groups (broad SMARTS) is 3. The van der Waals surface area contributed by atoms with Crippen molar-refractivity contribution in [3.63, 3.8) is 0 Å². The van der Waals surface area contributed by atoms with Crippen molar-refractivity contribution in [3.8, 4) is 5.75 Å². The van der Waals surface area contributed by atoms with Gasteiger partial charge in [0.05, 0.1) is 25.6 Å². The second-order valence-electron chi connectivity index (χ2n) is 9.92. The Morgan fingerprint density at radius 2 is 1.40 bits per heavy atom. The van der Waals surface area contributed by atoms with Gasteiger partial charge in [-0.05, 0) is 36.6 Å². The molecule has 0 bridgehead atoms. The summed E-state index contributed by atoms with van der Waals surface area (Å²) in [5.41, 5.74) is -0.261. The molecule has 4 N–H and O–H groups in total. The fourth-order valence-corrected chi connectivity index (χ4v) is 4.58. The van der Waals surface area contributed by atoms with Crippen LogP contribution in [0.3, 0.4) is 0 Å².